The van der Waals surface area contributed by atoms with Gasteiger partial charge < -0.3 is 14.5 Å². The average molecular weight is 280 g/mol. The van der Waals surface area contributed by atoms with Gasteiger partial charge in [0.25, 0.3) is 0 Å². The van der Waals surface area contributed by atoms with E-state index in [9.17, 15) is 4.39 Å². The molecule has 0 saturated heterocycles. The van der Waals surface area contributed by atoms with Gasteiger partial charge in [0.15, 0.2) is 0 Å². The molecule has 1 aromatic heterocycles. The minimum Gasteiger partial charge on any atom is -0.406 e. The number of ether oxygens (including phenoxy) is 1. The highest BCUT2D eigenvalue weighted by atomic mass is 19.1. The van der Waals surface area contributed by atoms with Crippen molar-refractivity contribution in [1.82, 2.24) is 15.5 Å². The second kappa shape index (κ2) is 6.97. The lowest BCUT2D eigenvalue weighted by molar-refractivity contribution is 0.198. The highest BCUT2D eigenvalue weighted by molar-refractivity contribution is 5.54. The molecule has 0 aliphatic heterocycles. The molecule has 1 aromatic carbocycles. The van der Waals surface area contributed by atoms with Crippen LogP contribution in [0.4, 0.5) is 16.1 Å². The monoisotopic (exact) mass is 280 g/mol. The van der Waals surface area contributed by atoms with E-state index in [-0.39, 0.29) is 5.82 Å². The van der Waals surface area contributed by atoms with Crippen molar-refractivity contribution in [2.24, 2.45) is 0 Å². The highest BCUT2D eigenvalue weighted by Gasteiger charge is 2.12. The first-order chi connectivity index (χ1) is 9.70. The summed E-state index contributed by atoms with van der Waals surface area (Å²) < 4.78 is 23.6. The Morgan fingerprint density at radius 1 is 1.40 bits per heavy atom. The van der Waals surface area contributed by atoms with Gasteiger partial charge in [0.05, 0.1) is 13.2 Å². The molecule has 20 heavy (non-hydrogen) atoms. The van der Waals surface area contributed by atoms with Crippen LogP contribution in [0.1, 0.15) is 5.89 Å². The van der Waals surface area contributed by atoms with E-state index in [4.69, 9.17) is 9.15 Å². The summed E-state index contributed by atoms with van der Waals surface area (Å²) in [6, 6.07) is 6.50. The lowest BCUT2D eigenvalue weighted by Gasteiger charge is -2.13. The predicted octanol–water partition coefficient (Wildman–Crippen LogP) is 1.71. The molecule has 1 N–H and O–H groups in total. The van der Waals surface area contributed by atoms with Crippen LogP contribution in [0.15, 0.2) is 28.7 Å². The number of nitrogens with one attached hydrogen (secondary N) is 1. The number of anilines is 2. The fourth-order valence-corrected chi connectivity index (χ4v) is 1.62. The molecule has 0 atom stereocenters. The molecule has 0 amide bonds. The average Bonchev–Trinajstić information content (AvgIpc) is 2.91. The van der Waals surface area contributed by atoms with Crippen LogP contribution in [0.2, 0.25) is 0 Å². The quantitative estimate of drug-likeness (QED) is 0.779. The summed E-state index contributed by atoms with van der Waals surface area (Å²) in [7, 11) is 3.38. The summed E-state index contributed by atoms with van der Waals surface area (Å²) in [5.41, 5.74) is 0.646. The molecule has 7 heteroatoms. The van der Waals surface area contributed by atoms with Crippen LogP contribution in [0.5, 0.6) is 0 Å². The Kier molecular flexibility index (Phi) is 5.03. The Balaban J connectivity index is 1.97. The molecule has 0 aliphatic rings. The van der Waals surface area contributed by atoms with Crippen molar-refractivity contribution in [3.8, 4) is 0 Å². The van der Waals surface area contributed by atoms with Crippen molar-refractivity contribution in [2.45, 2.75) is 6.54 Å². The molecule has 1 heterocycles. The standard InChI is InChI=1S/C13H17FN4O2/c1-18(11-5-3-4-10(14)8-11)13-17-16-12(20-13)9-15-6-7-19-2/h3-5,8,15H,6-7,9H2,1-2H3. The molecule has 0 aliphatic carbocycles. The van der Waals surface area contributed by atoms with E-state index < -0.39 is 0 Å². The van der Waals surface area contributed by atoms with Gasteiger partial charge in [-0.25, -0.2) is 4.39 Å². The second-order valence-corrected chi connectivity index (χ2v) is 4.19. The topological polar surface area (TPSA) is 63.4 Å². The van der Waals surface area contributed by atoms with Gasteiger partial charge in [0.2, 0.25) is 5.89 Å². The molecule has 108 valence electrons. The lowest BCUT2D eigenvalue weighted by Crippen LogP contribution is -2.18. The van der Waals surface area contributed by atoms with Crippen LogP contribution in [-0.4, -0.2) is 37.5 Å². The molecule has 0 spiro atoms. The van der Waals surface area contributed by atoms with E-state index in [1.807, 2.05) is 0 Å². The van der Waals surface area contributed by atoms with Crippen LogP contribution in [0, 0.1) is 5.82 Å². The number of rotatable bonds is 7. The molecular formula is C13H17FN4O2. The van der Waals surface area contributed by atoms with Crippen molar-refractivity contribution >= 4 is 11.7 Å². The van der Waals surface area contributed by atoms with Gasteiger partial charge in [-0.3, -0.25) is 4.90 Å². The van der Waals surface area contributed by atoms with E-state index in [0.717, 1.165) is 0 Å². The van der Waals surface area contributed by atoms with Gasteiger partial charge >= 0.3 is 6.01 Å². The highest BCUT2D eigenvalue weighted by Crippen LogP contribution is 2.22. The minimum absolute atomic E-state index is 0.310. The van der Waals surface area contributed by atoms with E-state index in [1.54, 1.807) is 31.2 Å². The number of methoxy groups -OCH3 is 1. The van der Waals surface area contributed by atoms with E-state index >= 15 is 0 Å². The molecule has 0 fully saturated rings. The Bertz CT molecular complexity index is 547. The van der Waals surface area contributed by atoms with Gasteiger partial charge in [0, 0.05) is 26.4 Å². The Hall–Kier alpha value is -1.99. The number of hydrogen-bond acceptors (Lipinski definition) is 6. The van der Waals surface area contributed by atoms with Gasteiger partial charge in [-0.15, -0.1) is 5.10 Å². The fraction of sp³-hybridized carbons (Fsp3) is 0.385. The predicted molar refractivity (Wildman–Crippen MR) is 72.3 cm³/mol. The molecule has 2 aromatic rings. The molecule has 0 unspecified atom stereocenters. The zero-order valence-electron chi connectivity index (χ0n) is 11.5. The first kappa shape index (κ1) is 14.4. The Labute approximate surface area is 116 Å². The first-order valence-corrected chi connectivity index (χ1v) is 6.22. The van der Waals surface area contributed by atoms with Crippen LogP contribution < -0.4 is 10.2 Å². The smallest absolute Gasteiger partial charge is 0.322 e. The maximum absolute atomic E-state index is 13.2. The maximum Gasteiger partial charge on any atom is 0.322 e. The van der Waals surface area contributed by atoms with Crippen molar-refractivity contribution in [1.29, 1.82) is 0 Å². The van der Waals surface area contributed by atoms with E-state index in [1.165, 1.54) is 12.1 Å². The normalized spacial score (nSPS) is 10.8. The summed E-state index contributed by atoms with van der Waals surface area (Å²) in [5.74, 6) is 0.162. The lowest BCUT2D eigenvalue weighted by atomic mass is 10.3. The summed E-state index contributed by atoms with van der Waals surface area (Å²) >= 11 is 0. The summed E-state index contributed by atoms with van der Waals surface area (Å²) in [6.07, 6.45) is 0. The minimum atomic E-state index is -0.310. The van der Waals surface area contributed by atoms with Crippen molar-refractivity contribution < 1.29 is 13.5 Å². The third-order valence-corrected chi connectivity index (χ3v) is 2.70. The number of nitrogens with zero attached hydrogens (tertiary/aromatic N) is 3. The van der Waals surface area contributed by atoms with Gasteiger partial charge in [0.1, 0.15) is 5.82 Å². The summed E-state index contributed by atoms with van der Waals surface area (Å²) in [5, 5.41) is 11.0. The SMILES string of the molecule is COCCNCc1nnc(N(C)c2cccc(F)c2)o1. The first-order valence-electron chi connectivity index (χ1n) is 6.22. The van der Waals surface area contributed by atoms with Gasteiger partial charge in [-0.05, 0) is 18.2 Å². The number of hydrogen-bond donors (Lipinski definition) is 1. The third kappa shape index (κ3) is 3.75. The van der Waals surface area contributed by atoms with Crippen LogP contribution in [0.3, 0.4) is 0 Å². The molecular weight excluding hydrogens is 263 g/mol. The fourth-order valence-electron chi connectivity index (χ4n) is 1.62. The van der Waals surface area contributed by atoms with Gasteiger partial charge in [-0.2, -0.15) is 0 Å². The number of halogens is 1. The zero-order valence-corrected chi connectivity index (χ0v) is 11.5. The van der Waals surface area contributed by atoms with Crippen LogP contribution >= 0.6 is 0 Å². The second-order valence-electron chi connectivity index (χ2n) is 4.19. The third-order valence-electron chi connectivity index (χ3n) is 2.70. The Morgan fingerprint density at radius 3 is 3.00 bits per heavy atom. The van der Waals surface area contributed by atoms with Crippen LogP contribution in [-0.2, 0) is 11.3 Å². The van der Waals surface area contributed by atoms with Crippen molar-refractivity contribution in [3.63, 3.8) is 0 Å². The zero-order chi connectivity index (χ0) is 14.4. The summed E-state index contributed by atoms with van der Waals surface area (Å²) in [4.78, 5) is 1.63. The van der Waals surface area contributed by atoms with E-state index in [0.29, 0.717) is 37.3 Å². The van der Waals surface area contributed by atoms with Crippen LogP contribution in [0.25, 0.3) is 0 Å². The number of benzene rings is 1. The molecule has 0 saturated carbocycles. The van der Waals surface area contributed by atoms with Crippen molar-refractivity contribution in [2.75, 3.05) is 32.2 Å². The van der Waals surface area contributed by atoms with Gasteiger partial charge in [-0.1, -0.05) is 11.2 Å². The molecule has 0 bridgehead atoms. The van der Waals surface area contributed by atoms with E-state index in [2.05, 4.69) is 15.5 Å². The maximum atomic E-state index is 13.2. The number of aromatic nitrogens is 2. The summed E-state index contributed by atoms with van der Waals surface area (Å²) in [6.45, 7) is 1.78. The largest absolute Gasteiger partial charge is 0.406 e. The molecule has 0 radical (unpaired) electrons. The van der Waals surface area contributed by atoms with Crippen molar-refractivity contribution in [3.05, 3.63) is 36.0 Å². The Morgan fingerprint density at radius 2 is 2.25 bits per heavy atom. The molecule has 6 nitrogen and oxygen atoms in total. The molecule has 2 rings (SSSR count).